The molecule has 0 heterocycles. The molecule has 0 aromatic rings. The van der Waals surface area contributed by atoms with E-state index in [1.807, 2.05) is 0 Å². The van der Waals surface area contributed by atoms with Gasteiger partial charge in [0.25, 0.3) is 0 Å². The van der Waals surface area contributed by atoms with Gasteiger partial charge in [-0.2, -0.15) is 0 Å². The minimum atomic E-state index is 0.159. The molecule has 1 heteroatoms. The summed E-state index contributed by atoms with van der Waals surface area (Å²) in [4.78, 5) is 0. The summed E-state index contributed by atoms with van der Waals surface area (Å²) in [5.74, 6) is 3.52. The Bertz CT molecular complexity index is 283. The zero-order chi connectivity index (χ0) is 9.92. The van der Waals surface area contributed by atoms with Crippen LogP contribution in [0, 0.1) is 23.7 Å². The summed E-state index contributed by atoms with van der Waals surface area (Å²) in [6.45, 7) is 6.45. The molecule has 1 nitrogen and oxygen atoms in total. The Hall–Kier alpha value is -0.300. The molecule has 0 saturated heterocycles. The lowest BCUT2D eigenvalue weighted by Gasteiger charge is -2.50. The van der Waals surface area contributed by atoms with E-state index in [1.165, 1.54) is 31.3 Å². The van der Waals surface area contributed by atoms with Gasteiger partial charge in [0.1, 0.15) is 0 Å². The highest BCUT2D eigenvalue weighted by atomic mass is 14.9. The van der Waals surface area contributed by atoms with Crippen LogP contribution in [0.1, 0.15) is 39.0 Å². The van der Waals surface area contributed by atoms with E-state index in [9.17, 15) is 0 Å². The van der Waals surface area contributed by atoms with Crippen molar-refractivity contribution in [2.24, 2.45) is 29.4 Å². The van der Waals surface area contributed by atoms with Gasteiger partial charge in [0.05, 0.1) is 0 Å². The molecule has 4 fully saturated rings. The van der Waals surface area contributed by atoms with Gasteiger partial charge in [-0.15, -0.1) is 0 Å². The van der Waals surface area contributed by atoms with Crippen LogP contribution in [-0.4, -0.2) is 5.54 Å². The molecule has 4 rings (SSSR count). The van der Waals surface area contributed by atoms with Crippen LogP contribution >= 0.6 is 0 Å². The Labute approximate surface area is 86.8 Å². The lowest BCUT2D eigenvalue weighted by Crippen LogP contribution is -2.57. The van der Waals surface area contributed by atoms with E-state index in [1.54, 1.807) is 0 Å². The van der Waals surface area contributed by atoms with Gasteiger partial charge in [0.2, 0.25) is 0 Å². The van der Waals surface area contributed by atoms with Gasteiger partial charge in [-0.25, -0.2) is 0 Å². The predicted octanol–water partition coefficient (Wildman–Crippen LogP) is 2.72. The Kier molecular flexibility index (Phi) is 1.69. The Morgan fingerprint density at radius 3 is 3.00 bits per heavy atom. The molecule has 2 N–H and O–H groups in total. The van der Waals surface area contributed by atoms with Gasteiger partial charge in [-0.1, -0.05) is 19.1 Å². The summed E-state index contributed by atoms with van der Waals surface area (Å²) in [5.41, 5.74) is 8.22. The fourth-order valence-electron chi connectivity index (χ4n) is 4.23. The van der Waals surface area contributed by atoms with Crippen LogP contribution in [-0.2, 0) is 0 Å². The van der Waals surface area contributed by atoms with E-state index in [0.29, 0.717) is 5.92 Å². The van der Waals surface area contributed by atoms with Gasteiger partial charge in [0.15, 0.2) is 0 Å². The van der Waals surface area contributed by atoms with Crippen molar-refractivity contribution in [3.05, 3.63) is 12.2 Å². The van der Waals surface area contributed by atoms with Crippen molar-refractivity contribution in [3.8, 4) is 0 Å². The third kappa shape index (κ3) is 0.942. The van der Waals surface area contributed by atoms with Crippen LogP contribution in [0.15, 0.2) is 12.2 Å². The number of nitrogens with two attached hydrogens (primary N) is 1. The van der Waals surface area contributed by atoms with Gasteiger partial charge in [-0.05, 0) is 55.8 Å². The average molecular weight is 191 g/mol. The first kappa shape index (κ1) is 8.96. The van der Waals surface area contributed by atoms with E-state index in [-0.39, 0.29) is 5.54 Å². The largest absolute Gasteiger partial charge is 0.324 e. The van der Waals surface area contributed by atoms with Gasteiger partial charge < -0.3 is 5.73 Å². The molecule has 0 spiro atoms. The van der Waals surface area contributed by atoms with Crippen LogP contribution in [0.5, 0.6) is 0 Å². The summed E-state index contributed by atoms with van der Waals surface area (Å²) in [6.07, 6.45) is 6.56. The van der Waals surface area contributed by atoms with Crippen molar-refractivity contribution in [2.75, 3.05) is 0 Å². The predicted molar refractivity (Wildman–Crippen MR) is 58.8 cm³/mol. The smallest absolute Gasteiger partial charge is 0.0252 e. The quantitative estimate of drug-likeness (QED) is 0.667. The lowest BCUT2D eigenvalue weighted by molar-refractivity contribution is 0.0745. The average Bonchev–Trinajstić information content (AvgIpc) is 2.98. The first-order valence-corrected chi connectivity index (χ1v) is 6.13. The summed E-state index contributed by atoms with van der Waals surface area (Å²) in [6, 6.07) is 0. The van der Waals surface area contributed by atoms with Crippen LogP contribution in [0.4, 0.5) is 0 Å². The molecule has 0 aromatic heterocycles. The molecule has 4 saturated carbocycles. The number of hydrogen-bond donors (Lipinski definition) is 1. The van der Waals surface area contributed by atoms with Crippen LogP contribution in [0.2, 0.25) is 0 Å². The molecule has 2 bridgehead atoms. The highest BCUT2D eigenvalue weighted by molar-refractivity contribution is 5.24. The molecule has 0 amide bonds. The molecular weight excluding hydrogens is 170 g/mol. The summed E-state index contributed by atoms with van der Waals surface area (Å²) in [5, 5.41) is 0. The van der Waals surface area contributed by atoms with E-state index >= 15 is 0 Å². The van der Waals surface area contributed by atoms with Crippen molar-refractivity contribution in [1.82, 2.24) is 0 Å². The Balaban J connectivity index is 1.91. The van der Waals surface area contributed by atoms with Crippen molar-refractivity contribution in [1.29, 1.82) is 0 Å². The second-order valence-electron chi connectivity index (χ2n) is 5.72. The first-order chi connectivity index (χ1) is 6.66. The Morgan fingerprint density at radius 2 is 2.29 bits per heavy atom. The third-order valence-corrected chi connectivity index (χ3v) is 5.22. The van der Waals surface area contributed by atoms with Gasteiger partial charge in [-0.3, -0.25) is 0 Å². The van der Waals surface area contributed by atoms with E-state index in [4.69, 9.17) is 5.73 Å². The molecule has 5 unspecified atom stereocenters. The van der Waals surface area contributed by atoms with E-state index in [0.717, 1.165) is 24.2 Å². The highest BCUT2D eigenvalue weighted by Crippen LogP contribution is 2.66. The maximum Gasteiger partial charge on any atom is 0.0252 e. The van der Waals surface area contributed by atoms with Gasteiger partial charge >= 0.3 is 0 Å². The van der Waals surface area contributed by atoms with Crippen molar-refractivity contribution >= 4 is 0 Å². The standard InChI is InChI=1S/C13H21N/c1-3-8(2)11-6-9-4-5-13(11,14)12-7-10(9)12/h9-12H,2-7,14H2,1H3. The van der Waals surface area contributed by atoms with Crippen LogP contribution in [0.3, 0.4) is 0 Å². The molecular formula is C13H21N. The first-order valence-electron chi connectivity index (χ1n) is 6.13. The zero-order valence-corrected chi connectivity index (χ0v) is 9.13. The molecule has 14 heavy (non-hydrogen) atoms. The monoisotopic (exact) mass is 191 g/mol. The van der Waals surface area contributed by atoms with Crippen molar-refractivity contribution in [3.63, 3.8) is 0 Å². The lowest BCUT2D eigenvalue weighted by atomic mass is 9.58. The van der Waals surface area contributed by atoms with E-state index in [2.05, 4.69) is 13.5 Å². The fourth-order valence-corrected chi connectivity index (χ4v) is 4.23. The minimum absolute atomic E-state index is 0.159. The van der Waals surface area contributed by atoms with Crippen molar-refractivity contribution in [2.45, 2.75) is 44.6 Å². The normalized spacial score (nSPS) is 54.1. The summed E-state index contributed by atoms with van der Waals surface area (Å²) >= 11 is 0. The van der Waals surface area contributed by atoms with Crippen LogP contribution in [0.25, 0.3) is 0 Å². The minimum Gasteiger partial charge on any atom is -0.324 e. The molecule has 4 aliphatic rings. The maximum absolute atomic E-state index is 6.64. The maximum atomic E-state index is 6.64. The van der Waals surface area contributed by atoms with Gasteiger partial charge in [0, 0.05) is 5.54 Å². The van der Waals surface area contributed by atoms with Crippen molar-refractivity contribution < 1.29 is 0 Å². The number of rotatable bonds is 2. The summed E-state index contributed by atoms with van der Waals surface area (Å²) in [7, 11) is 0. The SMILES string of the molecule is C=C(CC)C1CC2CCC1(N)C1CC21. The summed E-state index contributed by atoms with van der Waals surface area (Å²) < 4.78 is 0. The Morgan fingerprint density at radius 1 is 1.50 bits per heavy atom. The number of hydrogen-bond acceptors (Lipinski definition) is 1. The zero-order valence-electron chi connectivity index (χ0n) is 9.13. The topological polar surface area (TPSA) is 26.0 Å². The second kappa shape index (κ2) is 2.63. The molecule has 0 aliphatic heterocycles. The van der Waals surface area contributed by atoms with E-state index < -0.39 is 0 Å². The molecule has 5 atom stereocenters. The molecule has 4 aliphatic carbocycles. The molecule has 0 aromatic carbocycles. The van der Waals surface area contributed by atoms with Crippen LogP contribution < -0.4 is 5.73 Å². The number of fused-ring (bicyclic) bond motifs is 2. The molecule has 0 radical (unpaired) electrons. The molecule has 78 valence electrons. The third-order valence-electron chi connectivity index (χ3n) is 5.22. The fraction of sp³-hybridized carbons (Fsp3) is 0.846. The highest BCUT2D eigenvalue weighted by Gasteiger charge is 2.63. The second-order valence-corrected chi connectivity index (χ2v) is 5.72.